The number of nitrogens with zero attached hydrogens (tertiary/aromatic N) is 2. The van der Waals surface area contributed by atoms with Crippen LogP contribution in [0.3, 0.4) is 0 Å². The Morgan fingerprint density at radius 3 is 2.51 bits per heavy atom. The fourth-order valence-electron chi connectivity index (χ4n) is 4.91. The van der Waals surface area contributed by atoms with Gasteiger partial charge >= 0.3 is 0 Å². The van der Waals surface area contributed by atoms with Crippen LogP contribution in [0.25, 0.3) is 22.2 Å². The van der Waals surface area contributed by atoms with Gasteiger partial charge in [0, 0.05) is 29.7 Å². The van der Waals surface area contributed by atoms with Gasteiger partial charge in [-0.25, -0.2) is 4.98 Å². The van der Waals surface area contributed by atoms with Gasteiger partial charge in [0.15, 0.2) is 11.5 Å². The molecular weight excluding hydrogens is 448 g/mol. The van der Waals surface area contributed by atoms with E-state index in [1.54, 1.807) is 21.3 Å². The third kappa shape index (κ3) is 4.23. The summed E-state index contributed by atoms with van der Waals surface area (Å²) in [5.41, 5.74) is 4.25. The first-order valence-corrected chi connectivity index (χ1v) is 11.8. The van der Waals surface area contributed by atoms with E-state index in [9.17, 15) is 4.79 Å². The highest BCUT2D eigenvalue weighted by Crippen LogP contribution is 2.41. The van der Waals surface area contributed by atoms with E-state index in [1.807, 2.05) is 42.2 Å². The van der Waals surface area contributed by atoms with Gasteiger partial charge in [0.1, 0.15) is 29.7 Å². The number of aromatic nitrogens is 1. The summed E-state index contributed by atoms with van der Waals surface area (Å²) in [6, 6.07) is 9.73. The average molecular weight is 479 g/mol. The van der Waals surface area contributed by atoms with E-state index >= 15 is 0 Å². The Balaban J connectivity index is 1.59. The molecule has 1 saturated heterocycles. The molecular formula is C27H30N2O6. The number of hydrogen-bond donors (Lipinski definition) is 0. The molecule has 2 aromatic carbocycles. The number of amides is 1. The summed E-state index contributed by atoms with van der Waals surface area (Å²) in [5, 5.41) is 0.911. The van der Waals surface area contributed by atoms with Gasteiger partial charge in [0.2, 0.25) is 0 Å². The minimum atomic E-state index is -0.367. The molecule has 3 aromatic rings. The fourth-order valence-corrected chi connectivity index (χ4v) is 4.91. The predicted octanol–water partition coefficient (Wildman–Crippen LogP) is 4.14. The van der Waals surface area contributed by atoms with Crippen molar-refractivity contribution in [1.82, 2.24) is 9.88 Å². The zero-order chi connectivity index (χ0) is 24.5. The summed E-state index contributed by atoms with van der Waals surface area (Å²) in [4.78, 5) is 19.8. The van der Waals surface area contributed by atoms with Crippen molar-refractivity contribution in [3.8, 4) is 34.3 Å². The first-order chi connectivity index (χ1) is 17.0. The van der Waals surface area contributed by atoms with Gasteiger partial charge < -0.3 is 28.6 Å². The van der Waals surface area contributed by atoms with Crippen LogP contribution >= 0.6 is 0 Å². The molecule has 2 aliphatic rings. The highest BCUT2D eigenvalue weighted by atomic mass is 16.5. The van der Waals surface area contributed by atoms with Gasteiger partial charge in [0.25, 0.3) is 5.91 Å². The number of rotatable bonds is 5. The molecule has 35 heavy (non-hydrogen) atoms. The molecule has 1 fully saturated rings. The normalized spacial score (nSPS) is 17.5. The Hall–Kier alpha value is -3.52. The molecule has 1 atom stereocenters. The van der Waals surface area contributed by atoms with E-state index in [1.165, 1.54) is 0 Å². The van der Waals surface area contributed by atoms with Crippen LogP contribution in [0.1, 0.15) is 24.0 Å². The Kier molecular flexibility index (Phi) is 6.38. The number of aryl methyl sites for hydroxylation is 1. The first kappa shape index (κ1) is 23.2. The maximum absolute atomic E-state index is 13.1. The first-order valence-electron chi connectivity index (χ1n) is 11.8. The number of pyridine rings is 1. The van der Waals surface area contributed by atoms with Crippen LogP contribution in [0.5, 0.6) is 23.0 Å². The molecule has 0 aliphatic carbocycles. The minimum absolute atomic E-state index is 0.0137. The summed E-state index contributed by atoms with van der Waals surface area (Å²) >= 11 is 0. The van der Waals surface area contributed by atoms with Crippen molar-refractivity contribution < 1.29 is 28.5 Å². The van der Waals surface area contributed by atoms with Gasteiger partial charge in [0.05, 0.1) is 33.6 Å². The van der Waals surface area contributed by atoms with Crippen molar-refractivity contribution in [1.29, 1.82) is 0 Å². The van der Waals surface area contributed by atoms with Crippen molar-refractivity contribution >= 4 is 16.8 Å². The van der Waals surface area contributed by atoms with Crippen molar-refractivity contribution in [3.63, 3.8) is 0 Å². The van der Waals surface area contributed by atoms with Crippen molar-refractivity contribution in [3.05, 3.63) is 41.5 Å². The van der Waals surface area contributed by atoms with E-state index in [4.69, 9.17) is 28.7 Å². The smallest absolute Gasteiger partial charge is 0.252 e. The third-order valence-electron chi connectivity index (χ3n) is 6.66. The van der Waals surface area contributed by atoms with E-state index in [2.05, 4.69) is 0 Å². The number of methoxy groups -OCH3 is 3. The van der Waals surface area contributed by atoms with Crippen LogP contribution in [0.4, 0.5) is 0 Å². The SMILES string of the molecule is COc1cc(-c2cc(C)c3c(OC)ccc(OC)c3n2)cc2c1OCCN(C(=O)C1CCCO1)C2. The molecule has 5 rings (SSSR count). The van der Waals surface area contributed by atoms with E-state index in [0.717, 1.165) is 51.9 Å². The van der Waals surface area contributed by atoms with Crippen LogP contribution in [-0.2, 0) is 16.1 Å². The second-order valence-electron chi connectivity index (χ2n) is 8.79. The molecule has 2 aliphatic heterocycles. The summed E-state index contributed by atoms with van der Waals surface area (Å²) in [6.07, 6.45) is 1.31. The summed E-state index contributed by atoms with van der Waals surface area (Å²) in [6.45, 7) is 3.97. The molecule has 1 aromatic heterocycles. The van der Waals surface area contributed by atoms with E-state index < -0.39 is 0 Å². The molecule has 3 heterocycles. The highest BCUT2D eigenvalue weighted by Gasteiger charge is 2.31. The average Bonchev–Trinajstić information content (AvgIpc) is 3.33. The standard InChI is InChI=1S/C27H30N2O6/c1-16-12-19(28-25-21(32-3)8-7-20(31-2)24(16)25)17-13-18-15-29(27(30)22-6-5-10-34-22)9-11-35-26(18)23(14-17)33-4/h7-8,12-14,22H,5-6,9-11,15H2,1-4H3. The van der Waals surface area contributed by atoms with Gasteiger partial charge in [-0.2, -0.15) is 0 Å². The molecule has 1 unspecified atom stereocenters. The molecule has 184 valence electrons. The molecule has 8 nitrogen and oxygen atoms in total. The predicted molar refractivity (Wildman–Crippen MR) is 131 cm³/mol. The third-order valence-corrected chi connectivity index (χ3v) is 6.66. The lowest BCUT2D eigenvalue weighted by molar-refractivity contribution is -0.141. The van der Waals surface area contributed by atoms with Crippen molar-refractivity contribution in [2.45, 2.75) is 32.4 Å². The van der Waals surface area contributed by atoms with Gasteiger partial charge in [-0.15, -0.1) is 0 Å². The molecule has 0 radical (unpaired) electrons. The van der Waals surface area contributed by atoms with Gasteiger partial charge in [-0.05, 0) is 55.7 Å². The Morgan fingerprint density at radius 2 is 1.80 bits per heavy atom. The zero-order valence-corrected chi connectivity index (χ0v) is 20.6. The highest BCUT2D eigenvalue weighted by molar-refractivity contribution is 5.94. The van der Waals surface area contributed by atoms with Crippen LogP contribution < -0.4 is 18.9 Å². The zero-order valence-electron chi connectivity index (χ0n) is 20.6. The lowest BCUT2D eigenvalue weighted by atomic mass is 10.0. The van der Waals surface area contributed by atoms with Crippen LogP contribution in [-0.4, -0.2) is 63.0 Å². The Labute approximate surface area is 204 Å². The second-order valence-corrected chi connectivity index (χ2v) is 8.79. The maximum Gasteiger partial charge on any atom is 0.252 e. The van der Waals surface area contributed by atoms with Gasteiger partial charge in [-0.3, -0.25) is 4.79 Å². The molecule has 1 amide bonds. The second kappa shape index (κ2) is 9.62. The van der Waals surface area contributed by atoms with Crippen LogP contribution in [0.2, 0.25) is 0 Å². The lowest BCUT2D eigenvalue weighted by Gasteiger charge is -2.23. The number of benzene rings is 2. The number of ether oxygens (including phenoxy) is 5. The lowest BCUT2D eigenvalue weighted by Crippen LogP contribution is -2.39. The fraction of sp³-hybridized carbons (Fsp3) is 0.407. The molecule has 0 bridgehead atoms. The maximum atomic E-state index is 13.1. The largest absolute Gasteiger partial charge is 0.496 e. The summed E-state index contributed by atoms with van der Waals surface area (Å²) in [7, 11) is 4.90. The molecule has 0 N–H and O–H groups in total. The minimum Gasteiger partial charge on any atom is -0.496 e. The summed E-state index contributed by atoms with van der Waals surface area (Å²) < 4.78 is 28.6. The van der Waals surface area contributed by atoms with E-state index in [-0.39, 0.29) is 12.0 Å². The van der Waals surface area contributed by atoms with Gasteiger partial charge in [-0.1, -0.05) is 0 Å². The monoisotopic (exact) mass is 478 g/mol. The quantitative estimate of drug-likeness (QED) is 0.545. The topological polar surface area (TPSA) is 79.4 Å². The Bertz CT molecular complexity index is 1270. The number of hydrogen-bond acceptors (Lipinski definition) is 7. The van der Waals surface area contributed by atoms with Crippen molar-refractivity contribution in [2.75, 3.05) is 41.1 Å². The Morgan fingerprint density at radius 1 is 1.03 bits per heavy atom. The van der Waals surface area contributed by atoms with Crippen molar-refractivity contribution in [2.24, 2.45) is 0 Å². The molecule has 0 spiro atoms. The van der Waals surface area contributed by atoms with Crippen LogP contribution in [0, 0.1) is 6.92 Å². The van der Waals surface area contributed by atoms with Crippen LogP contribution in [0.15, 0.2) is 30.3 Å². The van der Waals surface area contributed by atoms with E-state index in [0.29, 0.717) is 43.6 Å². The molecule has 0 saturated carbocycles. The summed E-state index contributed by atoms with van der Waals surface area (Å²) in [5.74, 6) is 2.70. The number of carbonyl (C=O) groups is 1. The molecule has 8 heteroatoms. The number of fused-ring (bicyclic) bond motifs is 2. The number of carbonyl (C=O) groups excluding carboxylic acids is 1.